The van der Waals surface area contributed by atoms with Crippen LogP contribution in [0.1, 0.15) is 11.1 Å². The van der Waals surface area contributed by atoms with E-state index < -0.39 is 22.1 Å². The minimum atomic E-state index is -2.13. The molecule has 5 N–H and O–H groups in total. The summed E-state index contributed by atoms with van der Waals surface area (Å²) >= 11 is 11.6. The first kappa shape index (κ1) is 20.8. The molecule has 4 rings (SSSR count). The summed E-state index contributed by atoms with van der Waals surface area (Å²) in [5.41, 5.74) is 9.91. The third-order valence-corrected chi connectivity index (χ3v) is 5.62. The third-order valence-electron chi connectivity index (χ3n) is 5.00. The Morgan fingerprint density at radius 1 is 1.06 bits per heavy atom. The first-order valence-electron chi connectivity index (χ1n) is 8.76. The van der Waals surface area contributed by atoms with Crippen LogP contribution in [0, 0.1) is 21.7 Å². The Kier molecular flexibility index (Phi) is 4.95. The van der Waals surface area contributed by atoms with E-state index in [4.69, 9.17) is 34.7 Å². The van der Waals surface area contributed by atoms with Gasteiger partial charge in [0.2, 0.25) is 0 Å². The average molecular weight is 464 g/mol. The van der Waals surface area contributed by atoms with Gasteiger partial charge in [-0.05, 0) is 42.0 Å². The van der Waals surface area contributed by atoms with Crippen molar-refractivity contribution < 1.29 is 13.7 Å². The smallest absolute Gasteiger partial charge is 0.293 e. The van der Waals surface area contributed by atoms with Crippen LogP contribution in [0.5, 0.6) is 0 Å². The van der Waals surface area contributed by atoms with E-state index in [2.05, 4.69) is 10.3 Å². The van der Waals surface area contributed by atoms with Gasteiger partial charge in [-0.15, -0.1) is 0 Å². The number of nitrogens with one attached hydrogen (secondary N) is 1. The third kappa shape index (κ3) is 3.22. The molecule has 11 heteroatoms. The molecule has 1 aliphatic heterocycles. The number of halogens is 4. The molecule has 2 aliphatic rings. The van der Waals surface area contributed by atoms with Crippen LogP contribution in [0.3, 0.4) is 0 Å². The lowest BCUT2D eigenvalue weighted by Gasteiger charge is -2.33. The summed E-state index contributed by atoms with van der Waals surface area (Å²) in [6.07, 6.45) is 2.60. The summed E-state index contributed by atoms with van der Waals surface area (Å²) in [4.78, 5) is 16.1. The Balaban J connectivity index is 2.10. The van der Waals surface area contributed by atoms with Gasteiger partial charge in [0, 0.05) is 16.6 Å². The second-order valence-corrected chi connectivity index (χ2v) is 7.60. The maximum Gasteiger partial charge on any atom is 0.293 e. The van der Waals surface area contributed by atoms with Crippen molar-refractivity contribution in [2.75, 3.05) is 0 Å². The van der Waals surface area contributed by atoms with Crippen molar-refractivity contribution in [1.29, 1.82) is 0 Å². The number of rotatable bonds is 3. The number of aliphatic imine (C=N–C) groups is 1. The van der Waals surface area contributed by atoms with E-state index in [1.165, 1.54) is 36.4 Å². The van der Waals surface area contributed by atoms with Gasteiger partial charge in [0.1, 0.15) is 17.5 Å². The molecular formula is C20H13Cl2F2N5O2. The second kappa shape index (κ2) is 7.36. The van der Waals surface area contributed by atoms with E-state index in [-0.39, 0.29) is 49.8 Å². The topological polar surface area (TPSA) is 120 Å². The molecule has 0 amide bonds. The van der Waals surface area contributed by atoms with Gasteiger partial charge in [-0.3, -0.25) is 10.1 Å². The Morgan fingerprint density at radius 3 is 2.32 bits per heavy atom. The van der Waals surface area contributed by atoms with Crippen LogP contribution in [0.15, 0.2) is 70.9 Å². The van der Waals surface area contributed by atoms with Crippen molar-refractivity contribution in [3.63, 3.8) is 0 Å². The zero-order valence-electron chi connectivity index (χ0n) is 15.5. The van der Waals surface area contributed by atoms with Gasteiger partial charge < -0.3 is 16.8 Å². The van der Waals surface area contributed by atoms with E-state index in [1.54, 1.807) is 0 Å². The molecule has 1 atom stereocenters. The van der Waals surface area contributed by atoms with Gasteiger partial charge in [0.05, 0.1) is 27.0 Å². The van der Waals surface area contributed by atoms with Gasteiger partial charge in [-0.25, -0.2) is 13.8 Å². The molecule has 0 radical (unpaired) electrons. The largest absolute Gasteiger partial charge is 0.382 e. The number of nitrogens with two attached hydrogens (primary N) is 2. The second-order valence-electron chi connectivity index (χ2n) is 6.79. The minimum absolute atomic E-state index is 0.0174. The van der Waals surface area contributed by atoms with Crippen molar-refractivity contribution in [3.8, 4) is 0 Å². The molecule has 2 aromatic carbocycles. The molecule has 0 saturated heterocycles. The van der Waals surface area contributed by atoms with Gasteiger partial charge in [0.25, 0.3) is 5.54 Å². The first-order chi connectivity index (χ1) is 14.6. The molecule has 31 heavy (non-hydrogen) atoms. The van der Waals surface area contributed by atoms with Gasteiger partial charge >= 0.3 is 0 Å². The van der Waals surface area contributed by atoms with Crippen LogP contribution in [0.2, 0.25) is 10.0 Å². The summed E-state index contributed by atoms with van der Waals surface area (Å²) in [6, 6.07) is 7.21. The van der Waals surface area contributed by atoms with Crippen molar-refractivity contribution >= 4 is 34.5 Å². The first-order valence-corrected chi connectivity index (χ1v) is 9.51. The zero-order valence-corrected chi connectivity index (χ0v) is 17.0. The number of fused-ring (bicyclic) bond motifs is 1. The minimum Gasteiger partial charge on any atom is -0.382 e. The Morgan fingerprint density at radius 2 is 1.71 bits per heavy atom. The molecular weight excluding hydrogens is 451 g/mol. The van der Waals surface area contributed by atoms with E-state index in [0.29, 0.717) is 0 Å². The highest BCUT2D eigenvalue weighted by Crippen LogP contribution is 2.46. The van der Waals surface area contributed by atoms with Crippen LogP contribution in [0.25, 0.3) is 5.57 Å². The lowest BCUT2D eigenvalue weighted by Crippen LogP contribution is -2.43. The summed E-state index contributed by atoms with van der Waals surface area (Å²) in [6.45, 7) is 0. The van der Waals surface area contributed by atoms with Crippen molar-refractivity contribution in [2.45, 2.75) is 5.54 Å². The highest BCUT2D eigenvalue weighted by atomic mass is 35.5. The highest BCUT2D eigenvalue weighted by molar-refractivity contribution is 6.31. The molecule has 0 saturated carbocycles. The van der Waals surface area contributed by atoms with E-state index in [9.17, 15) is 18.9 Å². The Bertz CT molecular complexity index is 1270. The lowest BCUT2D eigenvalue weighted by atomic mass is 9.74. The lowest BCUT2D eigenvalue weighted by molar-refractivity contribution is -0.544. The fraction of sp³-hybridized carbons (Fsp3) is 0.0500. The molecule has 158 valence electrons. The summed E-state index contributed by atoms with van der Waals surface area (Å²) in [5.74, 6) is -1.70. The molecule has 0 spiro atoms. The average Bonchev–Trinajstić information content (AvgIpc) is 2.72. The fourth-order valence-corrected chi connectivity index (χ4v) is 3.78. The maximum atomic E-state index is 14.3. The van der Waals surface area contributed by atoms with Gasteiger partial charge in [-0.1, -0.05) is 29.3 Å². The van der Waals surface area contributed by atoms with Crippen molar-refractivity contribution in [3.05, 3.63) is 109 Å². The molecule has 1 aliphatic carbocycles. The summed E-state index contributed by atoms with van der Waals surface area (Å²) in [7, 11) is 0. The monoisotopic (exact) mass is 463 g/mol. The number of hydrogen-bond acceptors (Lipinski definition) is 6. The van der Waals surface area contributed by atoms with Crippen molar-refractivity contribution in [2.24, 2.45) is 16.5 Å². The molecule has 1 unspecified atom stereocenters. The maximum absolute atomic E-state index is 14.3. The molecule has 0 fully saturated rings. The normalized spacial score (nSPS) is 20.3. The van der Waals surface area contributed by atoms with Gasteiger partial charge in [-0.2, -0.15) is 0 Å². The zero-order chi connectivity index (χ0) is 22.5. The van der Waals surface area contributed by atoms with Crippen LogP contribution in [-0.4, -0.2) is 10.6 Å². The molecule has 0 aromatic heterocycles. The van der Waals surface area contributed by atoms with Crippen LogP contribution in [0.4, 0.5) is 8.78 Å². The number of hydrogen-bond donors (Lipinski definition) is 3. The Labute approximate surface area is 184 Å². The molecule has 1 heterocycles. The fourth-order valence-electron chi connectivity index (χ4n) is 3.54. The summed E-state index contributed by atoms with van der Waals surface area (Å²) in [5, 5.41) is 15.0. The van der Waals surface area contributed by atoms with Crippen LogP contribution >= 0.6 is 23.2 Å². The van der Waals surface area contributed by atoms with E-state index in [0.717, 1.165) is 12.1 Å². The quantitative estimate of drug-likeness (QED) is 0.472. The Hall–Kier alpha value is -3.43. The van der Waals surface area contributed by atoms with Crippen LogP contribution < -0.4 is 16.8 Å². The van der Waals surface area contributed by atoms with Crippen molar-refractivity contribution in [1.82, 2.24) is 5.32 Å². The van der Waals surface area contributed by atoms with Crippen LogP contribution in [-0.2, 0) is 5.54 Å². The molecule has 0 bridgehead atoms. The predicted octanol–water partition coefficient (Wildman–Crippen LogP) is 3.81. The molecule has 2 aromatic rings. The number of nitrogens with zero attached hydrogens (tertiary/aromatic N) is 2. The van der Waals surface area contributed by atoms with E-state index in [1.807, 2.05) is 0 Å². The highest BCUT2D eigenvalue weighted by Gasteiger charge is 2.52. The number of benzene rings is 2. The number of allylic oxidation sites excluding steroid dienone is 1. The molecule has 7 nitrogen and oxygen atoms in total. The standard InChI is InChI=1S/C20H13Cl2F2N5O2/c21-11-3-1-9(7-13(11)23)16-17-15(27-18(25)19(26)28-17)5-6-20(16,29(30)31)10-2-4-12(22)14(24)8-10/h1-8,28H,25-26H2. The predicted molar refractivity (Wildman–Crippen MR) is 114 cm³/mol. The van der Waals surface area contributed by atoms with Gasteiger partial charge in [0.15, 0.2) is 5.82 Å². The SMILES string of the molecule is NC1=C(N)NC2=C(c3ccc(Cl)c(F)c3)C(c3ccc(Cl)c(F)c3)([N+](=O)[O-])C=CC2=N1. The number of nitro groups is 1. The summed E-state index contributed by atoms with van der Waals surface area (Å²) < 4.78 is 28.6. The van der Waals surface area contributed by atoms with E-state index >= 15 is 0 Å².